The van der Waals surface area contributed by atoms with Crippen molar-refractivity contribution in [3.05, 3.63) is 28.8 Å². The van der Waals surface area contributed by atoms with Gasteiger partial charge in [0.2, 0.25) is 0 Å². The average Bonchev–Trinajstić information content (AvgIpc) is 2.39. The third-order valence-corrected chi connectivity index (χ3v) is 4.05. The van der Waals surface area contributed by atoms with E-state index in [0.717, 1.165) is 38.0 Å². The molecule has 0 aliphatic carbocycles. The first kappa shape index (κ1) is 13.4. The van der Waals surface area contributed by atoms with Gasteiger partial charge in [-0.05, 0) is 31.7 Å². The highest BCUT2D eigenvalue weighted by Gasteiger charge is 2.23. The lowest BCUT2D eigenvalue weighted by Gasteiger charge is -2.40. The third kappa shape index (κ3) is 2.68. The van der Waals surface area contributed by atoms with E-state index in [4.69, 9.17) is 11.6 Å². The van der Waals surface area contributed by atoms with Crippen LogP contribution in [0.3, 0.4) is 0 Å². The van der Waals surface area contributed by atoms with Gasteiger partial charge in [-0.25, -0.2) is 0 Å². The highest BCUT2D eigenvalue weighted by atomic mass is 35.5. The van der Waals surface area contributed by atoms with E-state index in [9.17, 15) is 4.79 Å². The molecule has 2 rings (SSSR count). The monoisotopic (exact) mass is 266 g/mol. The van der Waals surface area contributed by atoms with E-state index in [2.05, 4.69) is 23.8 Å². The molecule has 1 fully saturated rings. The van der Waals surface area contributed by atoms with Gasteiger partial charge in [-0.1, -0.05) is 18.5 Å². The van der Waals surface area contributed by atoms with Crippen molar-refractivity contribution in [2.75, 3.05) is 31.6 Å². The molecule has 18 heavy (non-hydrogen) atoms. The Bertz CT molecular complexity index is 436. The van der Waals surface area contributed by atoms with E-state index >= 15 is 0 Å². The molecule has 1 aliphatic rings. The lowest BCUT2D eigenvalue weighted by molar-refractivity contribution is 0.112. The van der Waals surface area contributed by atoms with Crippen LogP contribution in [0, 0.1) is 0 Å². The van der Waals surface area contributed by atoms with Crippen molar-refractivity contribution in [3.8, 4) is 0 Å². The zero-order valence-corrected chi connectivity index (χ0v) is 11.7. The van der Waals surface area contributed by atoms with Gasteiger partial charge in [0.25, 0.3) is 0 Å². The molecule has 98 valence electrons. The van der Waals surface area contributed by atoms with Crippen molar-refractivity contribution in [2.24, 2.45) is 0 Å². The lowest BCUT2D eigenvalue weighted by Crippen LogP contribution is -2.51. The van der Waals surface area contributed by atoms with Crippen molar-refractivity contribution in [1.29, 1.82) is 0 Å². The lowest BCUT2D eigenvalue weighted by atomic mass is 10.1. The van der Waals surface area contributed by atoms with Gasteiger partial charge < -0.3 is 4.90 Å². The molecule has 3 nitrogen and oxygen atoms in total. The highest BCUT2D eigenvalue weighted by molar-refractivity contribution is 6.33. The van der Waals surface area contributed by atoms with Crippen molar-refractivity contribution < 1.29 is 4.79 Å². The van der Waals surface area contributed by atoms with Gasteiger partial charge in [0.1, 0.15) is 0 Å². The van der Waals surface area contributed by atoms with Crippen LogP contribution in [-0.2, 0) is 0 Å². The van der Waals surface area contributed by atoms with E-state index in [-0.39, 0.29) is 0 Å². The molecule has 0 N–H and O–H groups in total. The molecule has 0 aromatic heterocycles. The van der Waals surface area contributed by atoms with Gasteiger partial charge in [0, 0.05) is 36.9 Å². The third-order valence-electron chi connectivity index (χ3n) is 3.72. The Balaban J connectivity index is 2.16. The number of anilines is 1. The SMILES string of the molecule is CCC1CN(c2ccc(C=O)c(Cl)c2)CCN1C. The van der Waals surface area contributed by atoms with Crippen LogP contribution < -0.4 is 4.90 Å². The first-order chi connectivity index (χ1) is 8.65. The van der Waals surface area contributed by atoms with E-state index in [1.54, 1.807) is 6.07 Å². The Labute approximate surface area is 113 Å². The zero-order chi connectivity index (χ0) is 13.1. The van der Waals surface area contributed by atoms with Gasteiger partial charge in [0.15, 0.2) is 6.29 Å². The maximum absolute atomic E-state index is 10.8. The predicted molar refractivity (Wildman–Crippen MR) is 75.8 cm³/mol. The molecular formula is C14H19ClN2O. The largest absolute Gasteiger partial charge is 0.369 e. The fraction of sp³-hybridized carbons (Fsp3) is 0.500. The Hall–Kier alpha value is -1.06. The smallest absolute Gasteiger partial charge is 0.151 e. The summed E-state index contributed by atoms with van der Waals surface area (Å²) < 4.78 is 0. The van der Waals surface area contributed by atoms with Crippen LogP contribution in [-0.4, -0.2) is 43.9 Å². The molecule has 0 radical (unpaired) electrons. The molecule has 1 saturated heterocycles. The van der Waals surface area contributed by atoms with Gasteiger partial charge in [-0.2, -0.15) is 0 Å². The number of likely N-dealkylation sites (N-methyl/N-ethyl adjacent to an activating group) is 1. The van der Waals surface area contributed by atoms with Crippen LogP contribution >= 0.6 is 11.6 Å². The number of hydrogen-bond donors (Lipinski definition) is 0. The fourth-order valence-electron chi connectivity index (χ4n) is 2.43. The molecule has 1 aromatic rings. The molecule has 1 aliphatic heterocycles. The van der Waals surface area contributed by atoms with Crippen molar-refractivity contribution in [1.82, 2.24) is 4.90 Å². The van der Waals surface area contributed by atoms with Crippen molar-refractivity contribution in [3.63, 3.8) is 0 Å². The van der Waals surface area contributed by atoms with E-state index in [1.165, 1.54) is 0 Å². The molecule has 1 unspecified atom stereocenters. The zero-order valence-electron chi connectivity index (χ0n) is 10.9. The number of aldehydes is 1. The number of nitrogens with zero attached hydrogens (tertiary/aromatic N) is 2. The van der Waals surface area contributed by atoms with E-state index in [1.807, 2.05) is 12.1 Å². The Morgan fingerprint density at radius 3 is 2.83 bits per heavy atom. The normalized spacial score (nSPS) is 21.1. The first-order valence-electron chi connectivity index (χ1n) is 6.35. The van der Waals surface area contributed by atoms with Crippen LogP contribution in [0.5, 0.6) is 0 Å². The molecular weight excluding hydrogens is 248 g/mol. The maximum Gasteiger partial charge on any atom is 0.151 e. The first-order valence-corrected chi connectivity index (χ1v) is 6.73. The molecule has 0 bridgehead atoms. The predicted octanol–water partition coefficient (Wildman–Crippen LogP) is 2.68. The number of benzene rings is 1. The van der Waals surface area contributed by atoms with Crippen molar-refractivity contribution >= 4 is 23.6 Å². The van der Waals surface area contributed by atoms with Crippen LogP contribution in [0.2, 0.25) is 5.02 Å². The maximum atomic E-state index is 10.8. The van der Waals surface area contributed by atoms with Gasteiger partial charge in [-0.3, -0.25) is 9.69 Å². The topological polar surface area (TPSA) is 23.6 Å². The van der Waals surface area contributed by atoms with E-state index < -0.39 is 0 Å². The summed E-state index contributed by atoms with van der Waals surface area (Å²) in [5.41, 5.74) is 1.67. The quantitative estimate of drug-likeness (QED) is 0.786. The summed E-state index contributed by atoms with van der Waals surface area (Å²) in [6.07, 6.45) is 1.94. The number of piperazine rings is 1. The molecule has 0 spiro atoms. The number of carbonyl (C=O) groups excluding carboxylic acids is 1. The molecule has 1 aromatic carbocycles. The van der Waals surface area contributed by atoms with Gasteiger partial charge in [0.05, 0.1) is 5.02 Å². The van der Waals surface area contributed by atoms with E-state index in [0.29, 0.717) is 16.6 Å². The molecule has 0 saturated carbocycles. The average molecular weight is 267 g/mol. The molecule has 1 heterocycles. The Kier molecular flexibility index (Phi) is 4.25. The van der Waals surface area contributed by atoms with Gasteiger partial charge >= 0.3 is 0 Å². The van der Waals surface area contributed by atoms with Crippen LogP contribution in [0.1, 0.15) is 23.7 Å². The number of carbonyl (C=O) groups is 1. The summed E-state index contributed by atoms with van der Waals surface area (Å²) >= 11 is 6.08. The molecule has 1 atom stereocenters. The van der Waals surface area contributed by atoms with Crippen LogP contribution in [0.4, 0.5) is 5.69 Å². The number of hydrogen-bond acceptors (Lipinski definition) is 3. The second-order valence-corrected chi connectivity index (χ2v) is 5.22. The Morgan fingerprint density at radius 2 is 2.22 bits per heavy atom. The minimum absolute atomic E-state index is 0.537. The fourth-order valence-corrected chi connectivity index (χ4v) is 2.65. The summed E-state index contributed by atoms with van der Waals surface area (Å²) in [7, 11) is 2.17. The summed E-state index contributed by atoms with van der Waals surface area (Å²) in [4.78, 5) is 15.5. The standard InChI is InChI=1S/C14H19ClN2O/c1-3-12-9-17(7-6-16(12)2)13-5-4-11(10-18)14(15)8-13/h4-5,8,10,12H,3,6-7,9H2,1-2H3. The van der Waals surface area contributed by atoms with Crippen LogP contribution in [0.15, 0.2) is 18.2 Å². The minimum atomic E-state index is 0.537. The second-order valence-electron chi connectivity index (χ2n) is 4.81. The number of halogens is 1. The summed E-state index contributed by atoms with van der Waals surface area (Å²) in [5.74, 6) is 0. The van der Waals surface area contributed by atoms with Gasteiger partial charge in [-0.15, -0.1) is 0 Å². The summed E-state index contributed by atoms with van der Waals surface area (Å²) in [5, 5.41) is 0.537. The van der Waals surface area contributed by atoms with Crippen molar-refractivity contribution in [2.45, 2.75) is 19.4 Å². The summed E-state index contributed by atoms with van der Waals surface area (Å²) in [6, 6.07) is 6.25. The summed E-state index contributed by atoms with van der Waals surface area (Å²) in [6.45, 7) is 5.30. The molecule has 4 heteroatoms. The van der Waals surface area contributed by atoms with Crippen LogP contribution in [0.25, 0.3) is 0 Å². The minimum Gasteiger partial charge on any atom is -0.369 e. The number of rotatable bonds is 3. The highest BCUT2D eigenvalue weighted by Crippen LogP contribution is 2.25. The molecule has 0 amide bonds. The second kappa shape index (κ2) is 5.72. The Morgan fingerprint density at radius 1 is 1.44 bits per heavy atom.